The van der Waals surface area contributed by atoms with Gasteiger partial charge in [0.2, 0.25) is 0 Å². The number of piperazine rings is 1. The van der Waals surface area contributed by atoms with Crippen molar-refractivity contribution >= 4 is 6.03 Å². The van der Waals surface area contributed by atoms with Crippen LogP contribution in [0.2, 0.25) is 0 Å². The van der Waals surface area contributed by atoms with E-state index in [1.807, 2.05) is 18.2 Å². The molecule has 0 aliphatic carbocycles. The van der Waals surface area contributed by atoms with Gasteiger partial charge in [0.15, 0.2) is 0 Å². The van der Waals surface area contributed by atoms with Crippen LogP contribution in [0.5, 0.6) is 0 Å². The number of benzene rings is 1. The number of carbonyl (C=O) groups excluding carboxylic acids is 1. The molecule has 1 aromatic rings. The van der Waals surface area contributed by atoms with Gasteiger partial charge in [0.05, 0.1) is 0 Å². The molecule has 0 bridgehead atoms. The van der Waals surface area contributed by atoms with Gasteiger partial charge in [0, 0.05) is 45.9 Å². The lowest BCUT2D eigenvalue weighted by molar-refractivity contribution is -0.174. The highest BCUT2D eigenvalue weighted by Crippen LogP contribution is 2.14. The third kappa shape index (κ3) is 9.10. The van der Waals surface area contributed by atoms with E-state index >= 15 is 0 Å². The first-order valence-corrected chi connectivity index (χ1v) is 9.37. The molecule has 1 N–H and O–H groups in total. The zero-order chi connectivity index (χ0) is 19.5. The summed E-state index contributed by atoms with van der Waals surface area (Å²) in [6, 6.07) is 10.1. The fraction of sp³-hybridized carbons (Fsp3) is 0.632. The molecule has 0 radical (unpaired) electrons. The number of aryl methyl sites for hydroxylation is 1. The summed E-state index contributed by atoms with van der Waals surface area (Å²) in [5, 5.41) is 2.95. The van der Waals surface area contributed by atoms with E-state index in [0.29, 0.717) is 32.6 Å². The second-order valence-corrected chi connectivity index (χ2v) is 6.67. The van der Waals surface area contributed by atoms with Gasteiger partial charge in [-0.1, -0.05) is 30.3 Å². The number of rotatable bonds is 9. The van der Waals surface area contributed by atoms with Gasteiger partial charge in [0.25, 0.3) is 0 Å². The lowest BCUT2D eigenvalue weighted by Crippen LogP contribution is -2.52. The van der Waals surface area contributed by atoms with Crippen molar-refractivity contribution in [1.29, 1.82) is 0 Å². The van der Waals surface area contributed by atoms with Crippen molar-refractivity contribution in [2.75, 3.05) is 52.5 Å². The number of alkyl halides is 3. The minimum absolute atomic E-state index is 0.0452. The Kier molecular flexibility index (Phi) is 8.87. The van der Waals surface area contributed by atoms with Gasteiger partial charge in [-0.25, -0.2) is 4.79 Å². The minimum Gasteiger partial charge on any atom is -0.372 e. The lowest BCUT2D eigenvalue weighted by Gasteiger charge is -2.34. The molecule has 1 fully saturated rings. The molecule has 0 unspecified atom stereocenters. The number of ether oxygens (including phenoxy) is 1. The van der Waals surface area contributed by atoms with Crippen LogP contribution in [0.25, 0.3) is 0 Å². The van der Waals surface area contributed by atoms with Crippen LogP contribution in [0.3, 0.4) is 0 Å². The fourth-order valence-electron chi connectivity index (χ4n) is 3.00. The highest BCUT2D eigenvalue weighted by molar-refractivity contribution is 5.74. The maximum Gasteiger partial charge on any atom is 0.411 e. The number of carbonyl (C=O) groups is 1. The highest BCUT2D eigenvalue weighted by atomic mass is 19.4. The minimum atomic E-state index is -4.26. The molecule has 5 nitrogen and oxygen atoms in total. The van der Waals surface area contributed by atoms with E-state index in [0.717, 1.165) is 25.9 Å². The summed E-state index contributed by atoms with van der Waals surface area (Å²) in [6.07, 6.45) is -1.87. The molecule has 2 amide bonds. The van der Waals surface area contributed by atoms with Crippen LogP contribution >= 0.6 is 0 Å². The Labute approximate surface area is 158 Å². The quantitative estimate of drug-likeness (QED) is 0.663. The van der Waals surface area contributed by atoms with Crippen LogP contribution in [0.1, 0.15) is 18.4 Å². The number of hydrogen-bond acceptors (Lipinski definition) is 3. The molecule has 2 rings (SSSR count). The van der Waals surface area contributed by atoms with Crippen molar-refractivity contribution in [3.63, 3.8) is 0 Å². The summed E-state index contributed by atoms with van der Waals surface area (Å²) in [7, 11) is 0. The fourth-order valence-corrected chi connectivity index (χ4v) is 3.00. The topological polar surface area (TPSA) is 44.8 Å². The van der Waals surface area contributed by atoms with Crippen molar-refractivity contribution in [3.8, 4) is 0 Å². The Morgan fingerprint density at radius 3 is 2.44 bits per heavy atom. The maximum absolute atomic E-state index is 12.2. The number of hydrogen-bond donors (Lipinski definition) is 1. The number of nitrogens with zero attached hydrogens (tertiary/aromatic N) is 2. The van der Waals surface area contributed by atoms with Crippen LogP contribution in [-0.2, 0) is 11.2 Å². The van der Waals surface area contributed by atoms with Gasteiger partial charge in [-0.3, -0.25) is 4.90 Å². The van der Waals surface area contributed by atoms with Crippen molar-refractivity contribution < 1.29 is 22.7 Å². The first-order chi connectivity index (χ1) is 12.9. The Balaban J connectivity index is 1.51. The SMILES string of the molecule is O=C(NCCCc1ccccc1)N1CCN(CCCOCC(F)(F)F)CC1. The summed E-state index contributed by atoms with van der Waals surface area (Å²) in [5.41, 5.74) is 1.26. The number of nitrogens with one attached hydrogen (secondary N) is 1. The van der Waals surface area contributed by atoms with Crippen LogP contribution in [-0.4, -0.2) is 74.5 Å². The molecule has 1 aliphatic rings. The van der Waals surface area contributed by atoms with E-state index in [-0.39, 0.29) is 12.6 Å². The Bertz CT molecular complexity index is 547. The van der Waals surface area contributed by atoms with Crippen molar-refractivity contribution in [2.45, 2.75) is 25.4 Å². The average Bonchev–Trinajstić information content (AvgIpc) is 2.65. The maximum atomic E-state index is 12.2. The Morgan fingerprint density at radius 2 is 1.78 bits per heavy atom. The van der Waals surface area contributed by atoms with E-state index in [1.54, 1.807) is 4.90 Å². The normalized spacial score (nSPS) is 15.7. The number of halogens is 3. The average molecular weight is 387 g/mol. The molecular weight excluding hydrogens is 359 g/mol. The summed E-state index contributed by atoms with van der Waals surface area (Å²) < 4.78 is 40.5. The van der Waals surface area contributed by atoms with Gasteiger partial charge in [-0.15, -0.1) is 0 Å². The molecule has 1 heterocycles. The van der Waals surface area contributed by atoms with E-state index < -0.39 is 12.8 Å². The highest BCUT2D eigenvalue weighted by Gasteiger charge is 2.27. The zero-order valence-electron chi connectivity index (χ0n) is 15.5. The number of urea groups is 1. The molecule has 8 heteroatoms. The Morgan fingerprint density at radius 1 is 1.07 bits per heavy atom. The van der Waals surface area contributed by atoms with E-state index in [2.05, 4.69) is 27.1 Å². The predicted molar refractivity (Wildman–Crippen MR) is 97.7 cm³/mol. The van der Waals surface area contributed by atoms with Crippen LogP contribution in [0.4, 0.5) is 18.0 Å². The van der Waals surface area contributed by atoms with E-state index in [9.17, 15) is 18.0 Å². The molecule has 0 aromatic heterocycles. The molecule has 1 aromatic carbocycles. The third-order valence-electron chi connectivity index (χ3n) is 4.45. The van der Waals surface area contributed by atoms with Gasteiger partial charge in [0.1, 0.15) is 6.61 Å². The largest absolute Gasteiger partial charge is 0.411 e. The second-order valence-electron chi connectivity index (χ2n) is 6.67. The molecule has 152 valence electrons. The smallest absolute Gasteiger partial charge is 0.372 e. The molecular formula is C19H28F3N3O2. The molecule has 1 aliphatic heterocycles. The van der Waals surface area contributed by atoms with Crippen molar-refractivity contribution in [2.24, 2.45) is 0 Å². The second kappa shape index (κ2) is 11.1. The summed E-state index contributed by atoms with van der Waals surface area (Å²) in [6.45, 7) is 2.97. The van der Waals surface area contributed by atoms with E-state index in [1.165, 1.54) is 5.56 Å². The first-order valence-electron chi connectivity index (χ1n) is 9.37. The molecule has 27 heavy (non-hydrogen) atoms. The molecule has 1 saturated heterocycles. The standard InChI is InChI=1S/C19H28F3N3O2/c20-19(21,22)16-27-15-5-10-24-11-13-25(14-12-24)18(26)23-9-4-8-17-6-2-1-3-7-17/h1-3,6-7H,4-5,8-16H2,(H,23,26). The number of amides is 2. The molecule has 0 atom stereocenters. The van der Waals surface area contributed by atoms with Gasteiger partial charge in [-0.05, 0) is 24.8 Å². The van der Waals surface area contributed by atoms with Crippen LogP contribution in [0, 0.1) is 0 Å². The van der Waals surface area contributed by atoms with Gasteiger partial charge < -0.3 is 15.0 Å². The summed E-state index contributed by atoms with van der Waals surface area (Å²) in [5.74, 6) is 0. The first kappa shape index (κ1) is 21.5. The molecule has 0 spiro atoms. The van der Waals surface area contributed by atoms with Gasteiger partial charge in [-0.2, -0.15) is 13.2 Å². The van der Waals surface area contributed by atoms with Crippen molar-refractivity contribution in [3.05, 3.63) is 35.9 Å². The summed E-state index contributed by atoms with van der Waals surface area (Å²) >= 11 is 0. The predicted octanol–water partition coefficient (Wildman–Crippen LogP) is 2.92. The van der Waals surface area contributed by atoms with Crippen LogP contribution < -0.4 is 5.32 Å². The van der Waals surface area contributed by atoms with Crippen molar-refractivity contribution in [1.82, 2.24) is 15.1 Å². The zero-order valence-corrected chi connectivity index (χ0v) is 15.5. The van der Waals surface area contributed by atoms with Crippen LogP contribution in [0.15, 0.2) is 30.3 Å². The van der Waals surface area contributed by atoms with E-state index in [4.69, 9.17) is 0 Å². The monoisotopic (exact) mass is 387 g/mol. The third-order valence-corrected chi connectivity index (χ3v) is 4.45. The molecule has 0 saturated carbocycles. The van der Waals surface area contributed by atoms with Gasteiger partial charge >= 0.3 is 12.2 Å². The lowest BCUT2D eigenvalue weighted by atomic mass is 10.1. The Hall–Kier alpha value is -1.80. The summed E-state index contributed by atoms with van der Waals surface area (Å²) in [4.78, 5) is 16.1.